The van der Waals surface area contributed by atoms with Gasteiger partial charge in [0.1, 0.15) is 5.75 Å². The monoisotopic (exact) mass is 333 g/mol. The van der Waals surface area contributed by atoms with Crippen LogP contribution in [0.5, 0.6) is 5.75 Å². The summed E-state index contributed by atoms with van der Waals surface area (Å²) in [5, 5.41) is 11.6. The SMILES string of the molecule is CCOc1ccccc1Nc1cnnc(N2CCc3ccccc32)n1. The van der Waals surface area contributed by atoms with E-state index in [-0.39, 0.29) is 0 Å². The highest BCUT2D eigenvalue weighted by Gasteiger charge is 2.22. The third kappa shape index (κ3) is 3.10. The lowest BCUT2D eigenvalue weighted by molar-refractivity contribution is 0.342. The van der Waals surface area contributed by atoms with Gasteiger partial charge in [0, 0.05) is 12.2 Å². The highest BCUT2D eigenvalue weighted by molar-refractivity contribution is 5.68. The van der Waals surface area contributed by atoms with Gasteiger partial charge in [0.25, 0.3) is 5.95 Å². The molecule has 2 aromatic carbocycles. The van der Waals surface area contributed by atoms with Gasteiger partial charge < -0.3 is 15.0 Å². The maximum atomic E-state index is 5.65. The Bertz CT molecular complexity index is 883. The van der Waals surface area contributed by atoms with Crippen molar-refractivity contribution in [3.05, 3.63) is 60.3 Å². The molecule has 3 aromatic rings. The van der Waals surface area contributed by atoms with E-state index in [0.717, 1.165) is 30.1 Å². The summed E-state index contributed by atoms with van der Waals surface area (Å²) in [6.45, 7) is 3.43. The number of benzene rings is 2. The Balaban J connectivity index is 1.61. The summed E-state index contributed by atoms with van der Waals surface area (Å²) in [5.41, 5.74) is 3.32. The quantitative estimate of drug-likeness (QED) is 0.768. The van der Waals surface area contributed by atoms with Crippen LogP contribution in [-0.4, -0.2) is 28.3 Å². The average molecular weight is 333 g/mol. The van der Waals surface area contributed by atoms with Crippen LogP contribution in [0.2, 0.25) is 0 Å². The fourth-order valence-electron chi connectivity index (χ4n) is 3.00. The first-order valence-electron chi connectivity index (χ1n) is 8.39. The highest BCUT2D eigenvalue weighted by Crippen LogP contribution is 2.33. The topological polar surface area (TPSA) is 63.2 Å². The summed E-state index contributed by atoms with van der Waals surface area (Å²) in [5.74, 6) is 2.03. The first-order valence-corrected chi connectivity index (χ1v) is 8.39. The van der Waals surface area contributed by atoms with Gasteiger partial charge in [-0.2, -0.15) is 10.1 Å². The van der Waals surface area contributed by atoms with Gasteiger partial charge in [-0.25, -0.2) is 0 Å². The Hall–Kier alpha value is -3.15. The minimum atomic E-state index is 0.601. The Morgan fingerprint density at radius 3 is 2.88 bits per heavy atom. The van der Waals surface area contributed by atoms with Crippen molar-refractivity contribution in [1.82, 2.24) is 15.2 Å². The second-order valence-electron chi connectivity index (χ2n) is 5.73. The highest BCUT2D eigenvalue weighted by atomic mass is 16.5. The number of ether oxygens (including phenoxy) is 1. The third-order valence-corrected chi connectivity index (χ3v) is 4.13. The molecule has 0 radical (unpaired) electrons. The van der Waals surface area contributed by atoms with Crippen LogP contribution in [0.3, 0.4) is 0 Å². The van der Waals surface area contributed by atoms with E-state index in [1.54, 1.807) is 6.20 Å². The van der Waals surface area contributed by atoms with Crippen molar-refractivity contribution in [2.45, 2.75) is 13.3 Å². The maximum Gasteiger partial charge on any atom is 0.251 e. The first kappa shape index (κ1) is 15.4. The summed E-state index contributed by atoms with van der Waals surface area (Å²) in [6, 6.07) is 16.1. The number of nitrogens with one attached hydrogen (secondary N) is 1. The van der Waals surface area contributed by atoms with E-state index in [0.29, 0.717) is 18.4 Å². The zero-order valence-electron chi connectivity index (χ0n) is 14.0. The maximum absolute atomic E-state index is 5.65. The van der Waals surface area contributed by atoms with E-state index in [1.807, 2.05) is 37.3 Å². The molecule has 0 amide bonds. The molecule has 0 saturated heterocycles. The number of hydrogen-bond acceptors (Lipinski definition) is 6. The number of aromatic nitrogens is 3. The van der Waals surface area contributed by atoms with Crippen LogP contribution in [0.15, 0.2) is 54.7 Å². The van der Waals surface area contributed by atoms with Gasteiger partial charge in [0.05, 0.1) is 18.5 Å². The zero-order chi connectivity index (χ0) is 17.1. The van der Waals surface area contributed by atoms with Crippen molar-refractivity contribution in [3.8, 4) is 5.75 Å². The fourth-order valence-corrected chi connectivity index (χ4v) is 3.00. The molecule has 126 valence electrons. The number of anilines is 4. The Morgan fingerprint density at radius 1 is 1.12 bits per heavy atom. The van der Waals surface area contributed by atoms with Crippen molar-refractivity contribution in [1.29, 1.82) is 0 Å². The van der Waals surface area contributed by atoms with Crippen molar-refractivity contribution < 1.29 is 4.74 Å². The minimum Gasteiger partial charge on any atom is -0.492 e. The fraction of sp³-hybridized carbons (Fsp3) is 0.211. The van der Waals surface area contributed by atoms with Crippen LogP contribution < -0.4 is 15.0 Å². The van der Waals surface area contributed by atoms with Crippen molar-refractivity contribution in [2.75, 3.05) is 23.4 Å². The summed E-state index contributed by atoms with van der Waals surface area (Å²) >= 11 is 0. The molecule has 25 heavy (non-hydrogen) atoms. The van der Waals surface area contributed by atoms with Crippen molar-refractivity contribution in [2.24, 2.45) is 0 Å². The molecule has 0 atom stereocenters. The minimum absolute atomic E-state index is 0.601. The van der Waals surface area contributed by atoms with E-state index >= 15 is 0 Å². The number of rotatable bonds is 5. The molecule has 2 heterocycles. The molecule has 0 fully saturated rings. The van der Waals surface area contributed by atoms with Crippen molar-refractivity contribution in [3.63, 3.8) is 0 Å². The Kier molecular flexibility index (Phi) is 4.16. The molecular weight excluding hydrogens is 314 g/mol. The van der Waals surface area contributed by atoms with E-state index in [4.69, 9.17) is 4.74 Å². The normalized spacial score (nSPS) is 12.8. The van der Waals surface area contributed by atoms with Gasteiger partial charge in [-0.1, -0.05) is 30.3 Å². The first-order chi connectivity index (χ1) is 12.3. The summed E-state index contributed by atoms with van der Waals surface area (Å²) in [7, 11) is 0. The average Bonchev–Trinajstić information content (AvgIpc) is 3.08. The number of nitrogens with zero attached hydrogens (tertiary/aromatic N) is 4. The summed E-state index contributed by atoms with van der Waals surface area (Å²) in [6.07, 6.45) is 2.61. The molecule has 0 saturated carbocycles. The molecule has 1 aliphatic rings. The molecule has 1 aromatic heterocycles. The van der Waals surface area contributed by atoms with Gasteiger partial charge >= 0.3 is 0 Å². The standard InChI is InChI=1S/C19H19N5O/c1-2-25-17-10-6-4-8-15(17)21-18-13-20-23-19(22-18)24-12-11-14-7-3-5-9-16(14)24/h3-10,13H,2,11-12H2,1H3,(H,21,22,23). The van der Waals surface area contributed by atoms with E-state index in [9.17, 15) is 0 Å². The molecular formula is C19H19N5O. The van der Waals surface area contributed by atoms with Crippen LogP contribution in [-0.2, 0) is 6.42 Å². The largest absolute Gasteiger partial charge is 0.492 e. The molecule has 0 aliphatic carbocycles. The predicted octanol–water partition coefficient (Wildman–Crippen LogP) is 3.71. The van der Waals surface area contributed by atoms with Crippen LogP contribution in [0.1, 0.15) is 12.5 Å². The molecule has 4 rings (SSSR count). The second-order valence-corrected chi connectivity index (χ2v) is 5.73. The Morgan fingerprint density at radius 2 is 1.96 bits per heavy atom. The van der Waals surface area contributed by atoms with E-state index in [2.05, 4.69) is 43.6 Å². The van der Waals surface area contributed by atoms with Crippen LogP contribution in [0.4, 0.5) is 23.1 Å². The molecule has 0 spiro atoms. The lowest BCUT2D eigenvalue weighted by atomic mass is 10.2. The third-order valence-electron chi connectivity index (χ3n) is 4.13. The van der Waals surface area contributed by atoms with Crippen LogP contribution in [0, 0.1) is 0 Å². The van der Waals surface area contributed by atoms with Gasteiger partial charge in [-0.3, -0.25) is 0 Å². The van der Waals surface area contributed by atoms with Gasteiger partial charge in [0.2, 0.25) is 0 Å². The number of para-hydroxylation sites is 3. The number of hydrogen-bond donors (Lipinski definition) is 1. The van der Waals surface area contributed by atoms with Gasteiger partial charge in [0.15, 0.2) is 5.82 Å². The molecule has 6 nitrogen and oxygen atoms in total. The van der Waals surface area contributed by atoms with Crippen LogP contribution >= 0.6 is 0 Å². The van der Waals surface area contributed by atoms with E-state index < -0.39 is 0 Å². The molecule has 0 unspecified atom stereocenters. The summed E-state index contributed by atoms with van der Waals surface area (Å²) < 4.78 is 5.65. The smallest absolute Gasteiger partial charge is 0.251 e. The predicted molar refractivity (Wildman–Crippen MR) is 97.9 cm³/mol. The molecule has 1 N–H and O–H groups in total. The number of fused-ring (bicyclic) bond motifs is 1. The van der Waals surface area contributed by atoms with E-state index in [1.165, 1.54) is 5.56 Å². The summed E-state index contributed by atoms with van der Waals surface area (Å²) in [4.78, 5) is 6.73. The van der Waals surface area contributed by atoms with Crippen molar-refractivity contribution >= 4 is 23.1 Å². The van der Waals surface area contributed by atoms with Crippen LogP contribution in [0.25, 0.3) is 0 Å². The molecule has 6 heteroatoms. The molecule has 1 aliphatic heterocycles. The Labute approximate surface area is 146 Å². The van der Waals surface area contributed by atoms with Gasteiger partial charge in [-0.15, -0.1) is 5.10 Å². The zero-order valence-corrected chi connectivity index (χ0v) is 14.0. The van der Waals surface area contributed by atoms with Gasteiger partial charge in [-0.05, 0) is 37.1 Å². The lowest BCUT2D eigenvalue weighted by Crippen LogP contribution is -2.17. The lowest BCUT2D eigenvalue weighted by Gasteiger charge is -2.17. The molecule has 0 bridgehead atoms. The second kappa shape index (κ2) is 6.76.